The van der Waals surface area contributed by atoms with E-state index in [-0.39, 0.29) is 12.5 Å². The number of pyridine rings is 1. The van der Waals surface area contributed by atoms with E-state index in [9.17, 15) is 9.59 Å². The Kier molecular flexibility index (Phi) is 7.40. The summed E-state index contributed by atoms with van der Waals surface area (Å²) in [6.07, 6.45) is 3.21. The Labute approximate surface area is 183 Å². The van der Waals surface area contributed by atoms with Crippen LogP contribution in [-0.2, 0) is 28.8 Å². The van der Waals surface area contributed by atoms with Gasteiger partial charge in [-0.15, -0.1) is 0 Å². The summed E-state index contributed by atoms with van der Waals surface area (Å²) in [5, 5.41) is 3.67. The van der Waals surface area contributed by atoms with E-state index >= 15 is 0 Å². The minimum atomic E-state index is -0.483. The number of hydrogen-bond acceptors (Lipinski definition) is 4. The van der Waals surface area contributed by atoms with Gasteiger partial charge < -0.3 is 10.1 Å². The molecule has 5 nitrogen and oxygen atoms in total. The molecule has 1 heterocycles. The third kappa shape index (κ3) is 4.93. The van der Waals surface area contributed by atoms with Crippen molar-refractivity contribution in [3.05, 3.63) is 70.4 Å². The highest BCUT2D eigenvalue weighted by Crippen LogP contribution is 2.26. The van der Waals surface area contributed by atoms with Crippen molar-refractivity contribution in [2.75, 3.05) is 11.9 Å². The Morgan fingerprint density at radius 3 is 2.48 bits per heavy atom. The van der Waals surface area contributed by atoms with Gasteiger partial charge in [0, 0.05) is 16.8 Å². The van der Waals surface area contributed by atoms with Gasteiger partial charge in [-0.25, -0.2) is 4.79 Å². The summed E-state index contributed by atoms with van der Waals surface area (Å²) in [4.78, 5) is 30.4. The number of aryl methyl sites for hydroxylation is 3. The quantitative estimate of drug-likeness (QED) is 0.496. The van der Waals surface area contributed by atoms with E-state index in [0.717, 1.165) is 58.2 Å². The Balaban J connectivity index is 1.84. The van der Waals surface area contributed by atoms with Crippen LogP contribution in [0.15, 0.2) is 42.5 Å². The molecule has 3 rings (SSSR count). The number of amides is 1. The van der Waals surface area contributed by atoms with Gasteiger partial charge in [0.1, 0.15) is 0 Å². The molecule has 0 aliphatic heterocycles. The first kappa shape index (κ1) is 22.5. The van der Waals surface area contributed by atoms with Crippen LogP contribution in [0.4, 0.5) is 5.69 Å². The van der Waals surface area contributed by atoms with Crippen LogP contribution in [0.3, 0.4) is 0 Å². The third-order valence-electron chi connectivity index (χ3n) is 5.46. The lowest BCUT2D eigenvalue weighted by Gasteiger charge is -2.16. The van der Waals surface area contributed by atoms with E-state index in [1.165, 1.54) is 0 Å². The largest absolute Gasteiger partial charge is 0.452 e. The first-order chi connectivity index (χ1) is 15.0. The van der Waals surface area contributed by atoms with Gasteiger partial charge in [-0.05, 0) is 48.9 Å². The molecule has 0 aliphatic rings. The van der Waals surface area contributed by atoms with Crippen molar-refractivity contribution in [3.8, 4) is 0 Å². The molecular weight excluding hydrogens is 388 g/mol. The second-order valence-corrected chi connectivity index (χ2v) is 7.62. The molecule has 0 aliphatic carbocycles. The van der Waals surface area contributed by atoms with Gasteiger partial charge in [0.25, 0.3) is 5.91 Å². The van der Waals surface area contributed by atoms with Crippen molar-refractivity contribution in [1.29, 1.82) is 0 Å². The van der Waals surface area contributed by atoms with Crippen LogP contribution in [0.25, 0.3) is 10.9 Å². The van der Waals surface area contributed by atoms with Gasteiger partial charge in [-0.3, -0.25) is 9.78 Å². The highest BCUT2D eigenvalue weighted by molar-refractivity contribution is 6.06. The molecule has 0 radical (unpaired) electrons. The SMILES string of the molecule is CCCc1nc2ccccc2c(C(=O)OCC(=O)Nc2c(C)cccc2CC)c1CC. The van der Waals surface area contributed by atoms with Crippen LogP contribution in [0.2, 0.25) is 0 Å². The van der Waals surface area contributed by atoms with E-state index in [1.807, 2.05) is 63.2 Å². The summed E-state index contributed by atoms with van der Waals surface area (Å²) in [5.74, 6) is -0.828. The number of carbonyl (C=O) groups excluding carboxylic acids is 2. The molecule has 0 saturated carbocycles. The number of anilines is 1. The lowest BCUT2D eigenvalue weighted by atomic mass is 9.96. The molecule has 5 heteroatoms. The highest BCUT2D eigenvalue weighted by Gasteiger charge is 2.21. The summed E-state index contributed by atoms with van der Waals surface area (Å²) in [6, 6.07) is 13.5. The molecule has 1 amide bonds. The van der Waals surface area contributed by atoms with Crippen LogP contribution >= 0.6 is 0 Å². The zero-order chi connectivity index (χ0) is 22.4. The van der Waals surface area contributed by atoms with Gasteiger partial charge in [-0.2, -0.15) is 0 Å². The number of nitrogens with one attached hydrogen (secondary N) is 1. The van der Waals surface area contributed by atoms with Crippen molar-refractivity contribution < 1.29 is 14.3 Å². The molecule has 1 aromatic heterocycles. The van der Waals surface area contributed by atoms with Crippen LogP contribution in [0.5, 0.6) is 0 Å². The van der Waals surface area contributed by atoms with E-state index in [2.05, 4.69) is 12.2 Å². The summed E-state index contributed by atoms with van der Waals surface area (Å²) in [6.45, 7) is 7.76. The average molecular weight is 419 g/mol. The zero-order valence-electron chi connectivity index (χ0n) is 18.7. The third-order valence-corrected chi connectivity index (χ3v) is 5.46. The number of nitrogens with zero attached hydrogens (tertiary/aromatic N) is 1. The van der Waals surface area contributed by atoms with Gasteiger partial charge in [0.15, 0.2) is 6.61 Å². The number of ether oxygens (including phenoxy) is 1. The number of carbonyl (C=O) groups is 2. The molecule has 162 valence electrons. The molecule has 0 fully saturated rings. The summed E-state index contributed by atoms with van der Waals surface area (Å²) in [7, 11) is 0. The van der Waals surface area contributed by atoms with E-state index in [1.54, 1.807) is 0 Å². The monoisotopic (exact) mass is 418 g/mol. The summed E-state index contributed by atoms with van der Waals surface area (Å²) in [5.41, 5.74) is 5.95. The van der Waals surface area contributed by atoms with Crippen molar-refractivity contribution in [2.45, 2.75) is 53.4 Å². The number of aromatic nitrogens is 1. The molecule has 0 bridgehead atoms. The fourth-order valence-corrected chi connectivity index (χ4v) is 3.94. The maximum atomic E-state index is 13.1. The summed E-state index contributed by atoms with van der Waals surface area (Å²) >= 11 is 0. The molecule has 3 aromatic rings. The first-order valence-electron chi connectivity index (χ1n) is 11.0. The fraction of sp³-hybridized carbons (Fsp3) is 0.346. The maximum Gasteiger partial charge on any atom is 0.339 e. The Bertz CT molecular complexity index is 1110. The lowest BCUT2D eigenvalue weighted by molar-refractivity contribution is -0.119. The molecule has 0 unspecified atom stereocenters. The molecule has 31 heavy (non-hydrogen) atoms. The van der Waals surface area contributed by atoms with E-state index in [0.29, 0.717) is 12.0 Å². The second-order valence-electron chi connectivity index (χ2n) is 7.62. The van der Waals surface area contributed by atoms with Crippen molar-refractivity contribution >= 4 is 28.5 Å². The number of benzene rings is 2. The molecular formula is C26H30N2O3. The molecule has 1 N–H and O–H groups in total. The normalized spacial score (nSPS) is 10.8. The molecule has 0 spiro atoms. The maximum absolute atomic E-state index is 13.1. The molecule has 0 saturated heterocycles. The predicted molar refractivity (Wildman–Crippen MR) is 125 cm³/mol. The smallest absolute Gasteiger partial charge is 0.339 e. The van der Waals surface area contributed by atoms with Crippen LogP contribution < -0.4 is 5.32 Å². The standard InChI is InChI=1S/C26H30N2O3/c1-5-11-21-19(7-3)24(20-14-8-9-15-22(20)27-21)26(30)31-16-23(29)28-25-17(4)12-10-13-18(25)6-2/h8-10,12-15H,5-7,11,16H2,1-4H3,(H,28,29). The summed E-state index contributed by atoms with van der Waals surface area (Å²) < 4.78 is 5.48. The minimum Gasteiger partial charge on any atom is -0.452 e. The Hall–Kier alpha value is -3.21. The van der Waals surface area contributed by atoms with Crippen molar-refractivity contribution in [2.24, 2.45) is 0 Å². The van der Waals surface area contributed by atoms with E-state index < -0.39 is 5.97 Å². The number of hydrogen-bond donors (Lipinski definition) is 1. The van der Waals surface area contributed by atoms with Gasteiger partial charge in [0.2, 0.25) is 0 Å². The number of rotatable bonds is 8. The number of fused-ring (bicyclic) bond motifs is 1. The Morgan fingerprint density at radius 1 is 1.00 bits per heavy atom. The van der Waals surface area contributed by atoms with Gasteiger partial charge in [-0.1, -0.05) is 63.6 Å². The van der Waals surface area contributed by atoms with Crippen molar-refractivity contribution in [1.82, 2.24) is 4.98 Å². The molecule has 0 atom stereocenters. The minimum absolute atomic E-state index is 0.334. The fourth-order valence-electron chi connectivity index (χ4n) is 3.94. The van der Waals surface area contributed by atoms with Crippen LogP contribution in [0.1, 0.15) is 59.9 Å². The van der Waals surface area contributed by atoms with Crippen molar-refractivity contribution in [3.63, 3.8) is 0 Å². The number of esters is 1. The second kappa shape index (κ2) is 10.2. The Morgan fingerprint density at radius 2 is 1.77 bits per heavy atom. The topological polar surface area (TPSA) is 68.3 Å². The predicted octanol–water partition coefficient (Wildman–Crippen LogP) is 5.42. The van der Waals surface area contributed by atoms with Crippen LogP contribution in [-0.4, -0.2) is 23.5 Å². The van der Waals surface area contributed by atoms with Gasteiger partial charge in [0.05, 0.1) is 11.1 Å². The first-order valence-corrected chi connectivity index (χ1v) is 11.0. The van der Waals surface area contributed by atoms with Crippen LogP contribution in [0, 0.1) is 6.92 Å². The number of para-hydroxylation sites is 2. The lowest BCUT2D eigenvalue weighted by Crippen LogP contribution is -2.23. The zero-order valence-corrected chi connectivity index (χ0v) is 18.7. The van der Waals surface area contributed by atoms with Gasteiger partial charge >= 0.3 is 5.97 Å². The highest BCUT2D eigenvalue weighted by atomic mass is 16.5. The average Bonchev–Trinajstić information content (AvgIpc) is 2.78. The van der Waals surface area contributed by atoms with E-state index in [4.69, 9.17) is 9.72 Å². The molecule has 2 aromatic carbocycles.